The van der Waals surface area contributed by atoms with Crippen LogP contribution in [0.15, 0.2) is 47.5 Å². The monoisotopic (exact) mass is 395 g/mol. The fraction of sp³-hybridized carbons (Fsp3) is 0.188. The topological polar surface area (TPSA) is 114 Å². The first-order chi connectivity index (χ1) is 12.2. The lowest BCUT2D eigenvalue weighted by Gasteiger charge is -2.20. The summed E-state index contributed by atoms with van der Waals surface area (Å²) in [7, 11) is -3.82. The van der Waals surface area contributed by atoms with Gasteiger partial charge in [0.15, 0.2) is 9.84 Å². The number of ether oxygens (including phenoxy) is 1. The minimum Gasteiger partial charge on any atom is -0.439 e. The van der Waals surface area contributed by atoms with Crippen LogP contribution in [0.3, 0.4) is 0 Å². The summed E-state index contributed by atoms with van der Waals surface area (Å²) >= 11 is 5.75. The summed E-state index contributed by atoms with van der Waals surface area (Å²) in [6.45, 7) is 1.36. The predicted octanol–water partition coefficient (Wildman–Crippen LogP) is 1.90. The Hall–Kier alpha value is -2.65. The van der Waals surface area contributed by atoms with Gasteiger partial charge in [-0.25, -0.2) is 18.2 Å². The first kappa shape index (κ1) is 18.2. The lowest BCUT2D eigenvalue weighted by Crippen LogP contribution is -2.49. The largest absolute Gasteiger partial charge is 0.439 e. The third-order valence-electron chi connectivity index (χ3n) is 3.70. The van der Waals surface area contributed by atoms with E-state index >= 15 is 0 Å². The van der Waals surface area contributed by atoms with Gasteiger partial charge in [0.05, 0.1) is 15.7 Å². The fourth-order valence-corrected chi connectivity index (χ4v) is 4.20. The van der Waals surface area contributed by atoms with E-state index in [0.717, 1.165) is 0 Å². The molecule has 1 saturated heterocycles. The SMILES string of the molecule is CC1(CS(=O)(=O)c2ccc(Oc3ccc(Cl)cn3)cc2)NC(=O)NC1=O. The second-order valence-corrected chi connectivity index (χ2v) is 8.31. The first-order valence-electron chi connectivity index (χ1n) is 7.44. The number of carbonyl (C=O) groups excluding carboxylic acids is 2. The van der Waals surface area contributed by atoms with Gasteiger partial charge in [-0.2, -0.15) is 0 Å². The molecule has 0 spiro atoms. The third kappa shape index (κ3) is 3.78. The van der Waals surface area contributed by atoms with Crippen LogP contribution >= 0.6 is 11.6 Å². The number of rotatable bonds is 5. The van der Waals surface area contributed by atoms with Crippen LogP contribution in [0.25, 0.3) is 0 Å². The molecule has 1 aliphatic heterocycles. The summed E-state index contributed by atoms with van der Waals surface area (Å²) in [4.78, 5) is 27.0. The second kappa shape index (κ2) is 6.58. The number of urea groups is 1. The van der Waals surface area contributed by atoms with Crippen LogP contribution in [0.5, 0.6) is 11.6 Å². The van der Waals surface area contributed by atoms with Crippen LogP contribution < -0.4 is 15.4 Å². The van der Waals surface area contributed by atoms with Gasteiger partial charge in [0.2, 0.25) is 5.88 Å². The van der Waals surface area contributed by atoms with Gasteiger partial charge in [-0.05, 0) is 37.3 Å². The minimum atomic E-state index is -3.82. The molecule has 2 heterocycles. The zero-order valence-electron chi connectivity index (χ0n) is 13.5. The molecule has 3 rings (SSSR count). The highest BCUT2D eigenvalue weighted by Crippen LogP contribution is 2.24. The number of aromatic nitrogens is 1. The first-order valence-corrected chi connectivity index (χ1v) is 9.47. The van der Waals surface area contributed by atoms with Crippen molar-refractivity contribution in [2.45, 2.75) is 17.4 Å². The van der Waals surface area contributed by atoms with Gasteiger partial charge < -0.3 is 10.1 Å². The van der Waals surface area contributed by atoms with Crippen molar-refractivity contribution in [3.05, 3.63) is 47.6 Å². The quantitative estimate of drug-likeness (QED) is 0.747. The van der Waals surface area contributed by atoms with Gasteiger partial charge >= 0.3 is 6.03 Å². The van der Waals surface area contributed by atoms with Gasteiger partial charge in [-0.1, -0.05) is 11.6 Å². The Morgan fingerprint density at radius 1 is 1.15 bits per heavy atom. The molecule has 1 atom stereocenters. The van der Waals surface area contributed by atoms with E-state index in [9.17, 15) is 18.0 Å². The van der Waals surface area contributed by atoms with Crippen molar-refractivity contribution in [3.63, 3.8) is 0 Å². The lowest BCUT2D eigenvalue weighted by molar-refractivity contribution is -0.122. The number of pyridine rings is 1. The zero-order chi connectivity index (χ0) is 18.9. The molecule has 0 bridgehead atoms. The van der Waals surface area contributed by atoms with Crippen LogP contribution in [-0.4, -0.2) is 36.6 Å². The molecule has 26 heavy (non-hydrogen) atoms. The van der Waals surface area contributed by atoms with Crippen molar-refractivity contribution in [2.75, 3.05) is 5.75 Å². The van der Waals surface area contributed by atoms with Crippen molar-refractivity contribution in [2.24, 2.45) is 0 Å². The van der Waals surface area contributed by atoms with Crippen LogP contribution in [0.2, 0.25) is 5.02 Å². The molecule has 136 valence electrons. The number of carbonyl (C=O) groups is 2. The second-order valence-electron chi connectivity index (χ2n) is 5.89. The van der Waals surface area contributed by atoms with Gasteiger partial charge in [0.1, 0.15) is 11.3 Å². The molecule has 0 radical (unpaired) electrons. The minimum absolute atomic E-state index is 0.00379. The van der Waals surface area contributed by atoms with E-state index in [4.69, 9.17) is 16.3 Å². The Balaban J connectivity index is 1.75. The molecule has 8 nitrogen and oxygen atoms in total. The maximum Gasteiger partial charge on any atom is 0.322 e. The average Bonchev–Trinajstić information content (AvgIpc) is 2.81. The number of hydrogen-bond acceptors (Lipinski definition) is 6. The van der Waals surface area contributed by atoms with Gasteiger partial charge in [0, 0.05) is 12.3 Å². The highest BCUT2D eigenvalue weighted by atomic mass is 35.5. The molecule has 2 N–H and O–H groups in total. The van der Waals surface area contributed by atoms with E-state index in [1.807, 2.05) is 5.32 Å². The molecule has 3 amide bonds. The number of benzene rings is 1. The number of nitrogens with zero attached hydrogens (tertiary/aromatic N) is 1. The van der Waals surface area contributed by atoms with Crippen LogP contribution in [-0.2, 0) is 14.6 Å². The molecule has 1 aromatic heterocycles. The molecular weight excluding hydrogens is 382 g/mol. The Kier molecular flexibility index (Phi) is 4.59. The van der Waals surface area contributed by atoms with Crippen LogP contribution in [0.1, 0.15) is 6.92 Å². The van der Waals surface area contributed by atoms with Gasteiger partial charge in [0.25, 0.3) is 5.91 Å². The van der Waals surface area contributed by atoms with Crippen LogP contribution in [0.4, 0.5) is 4.79 Å². The molecule has 0 saturated carbocycles. The van der Waals surface area contributed by atoms with E-state index in [1.54, 1.807) is 12.1 Å². The van der Waals surface area contributed by atoms with Crippen molar-refractivity contribution < 1.29 is 22.7 Å². The van der Waals surface area contributed by atoms with Gasteiger partial charge in [-0.15, -0.1) is 0 Å². The average molecular weight is 396 g/mol. The maximum atomic E-state index is 12.6. The number of nitrogens with one attached hydrogen (secondary N) is 2. The maximum absolute atomic E-state index is 12.6. The highest BCUT2D eigenvalue weighted by molar-refractivity contribution is 7.91. The molecule has 10 heteroatoms. The van der Waals surface area contributed by atoms with Crippen molar-refractivity contribution in [1.29, 1.82) is 0 Å². The van der Waals surface area contributed by atoms with Crippen LogP contribution in [0, 0.1) is 0 Å². The smallest absolute Gasteiger partial charge is 0.322 e. The van der Waals surface area contributed by atoms with E-state index < -0.39 is 33.1 Å². The van der Waals surface area contributed by atoms with Crippen molar-refractivity contribution >= 4 is 33.4 Å². The Morgan fingerprint density at radius 3 is 2.38 bits per heavy atom. The molecule has 2 aromatic rings. The molecular formula is C16H14ClN3O5S. The standard InChI is InChI=1S/C16H14ClN3O5S/c1-16(14(21)19-15(22)20-16)9-26(23,24)12-5-3-11(4-6-12)25-13-7-2-10(17)8-18-13/h2-8H,9H2,1H3,(H2,19,20,21,22). The number of halogens is 1. The normalized spacial score (nSPS) is 19.8. The molecule has 1 fully saturated rings. The summed E-state index contributed by atoms with van der Waals surface area (Å²) in [6, 6.07) is 8.14. The summed E-state index contributed by atoms with van der Waals surface area (Å²) < 4.78 is 30.6. The summed E-state index contributed by atoms with van der Waals surface area (Å²) in [6.07, 6.45) is 1.43. The summed E-state index contributed by atoms with van der Waals surface area (Å²) in [5.74, 6) is -0.545. The van der Waals surface area contributed by atoms with Crippen molar-refractivity contribution in [3.8, 4) is 11.6 Å². The predicted molar refractivity (Wildman–Crippen MR) is 92.9 cm³/mol. The number of imide groups is 1. The van der Waals surface area contributed by atoms with Gasteiger partial charge in [-0.3, -0.25) is 10.1 Å². The summed E-state index contributed by atoms with van der Waals surface area (Å²) in [5, 5.41) is 4.83. The molecule has 1 aromatic carbocycles. The highest BCUT2D eigenvalue weighted by Gasteiger charge is 2.45. The molecule has 0 aliphatic carbocycles. The zero-order valence-corrected chi connectivity index (χ0v) is 15.1. The van der Waals surface area contributed by atoms with Crippen molar-refractivity contribution in [1.82, 2.24) is 15.6 Å². The number of amides is 3. The van der Waals surface area contributed by atoms with E-state index in [1.165, 1.54) is 37.4 Å². The molecule has 1 aliphatic rings. The number of hydrogen-bond donors (Lipinski definition) is 2. The van der Waals surface area contributed by atoms with E-state index in [0.29, 0.717) is 16.7 Å². The molecule has 1 unspecified atom stereocenters. The third-order valence-corrected chi connectivity index (χ3v) is 5.87. The van der Waals surface area contributed by atoms with E-state index in [-0.39, 0.29) is 4.90 Å². The fourth-order valence-electron chi connectivity index (χ4n) is 2.40. The van der Waals surface area contributed by atoms with E-state index in [2.05, 4.69) is 10.3 Å². The lowest BCUT2D eigenvalue weighted by atomic mass is 10.1. The Morgan fingerprint density at radius 2 is 1.85 bits per heavy atom. The Bertz CT molecular complexity index is 960. The number of sulfone groups is 1. The summed E-state index contributed by atoms with van der Waals surface area (Å²) in [5.41, 5.74) is -1.52. The Labute approximate surface area is 154 Å².